The lowest BCUT2D eigenvalue weighted by atomic mass is 10.1. The SMILES string of the molecule is C1=C(c2ccnc3[nH]ccc23)CSC1. The van der Waals surface area contributed by atoms with Gasteiger partial charge in [-0.25, -0.2) is 4.98 Å². The molecule has 1 aliphatic heterocycles. The highest BCUT2D eigenvalue weighted by molar-refractivity contribution is 8.00. The standard InChI is InChI=1S/C11H10N2S/c1-4-12-11-10(2-5-13-11)9(1)8-3-6-14-7-8/h1-5H,6-7H2,(H,12,13). The predicted octanol–water partition coefficient (Wildman–Crippen LogP) is 2.69. The van der Waals surface area contributed by atoms with Crippen LogP contribution in [0.4, 0.5) is 0 Å². The van der Waals surface area contributed by atoms with E-state index in [1.54, 1.807) is 0 Å². The molecule has 70 valence electrons. The maximum Gasteiger partial charge on any atom is 0.137 e. The van der Waals surface area contributed by atoms with Gasteiger partial charge >= 0.3 is 0 Å². The van der Waals surface area contributed by atoms with E-state index < -0.39 is 0 Å². The van der Waals surface area contributed by atoms with Gasteiger partial charge in [0.15, 0.2) is 0 Å². The van der Waals surface area contributed by atoms with Crippen molar-refractivity contribution in [2.45, 2.75) is 0 Å². The summed E-state index contributed by atoms with van der Waals surface area (Å²) in [6, 6.07) is 4.20. The van der Waals surface area contributed by atoms with Gasteiger partial charge in [0, 0.05) is 29.3 Å². The van der Waals surface area contributed by atoms with E-state index in [4.69, 9.17) is 0 Å². The summed E-state index contributed by atoms with van der Waals surface area (Å²) in [5.74, 6) is 2.27. The molecule has 0 saturated carbocycles. The minimum atomic E-state index is 0.986. The lowest BCUT2D eigenvalue weighted by molar-refractivity contribution is 1.32. The number of nitrogens with zero attached hydrogens (tertiary/aromatic N) is 1. The number of thioether (sulfide) groups is 1. The first kappa shape index (κ1) is 8.12. The monoisotopic (exact) mass is 202 g/mol. The van der Waals surface area contributed by atoms with Gasteiger partial charge in [0.2, 0.25) is 0 Å². The molecule has 1 N–H and O–H groups in total. The Kier molecular flexibility index (Phi) is 1.84. The smallest absolute Gasteiger partial charge is 0.137 e. The molecule has 0 spiro atoms. The van der Waals surface area contributed by atoms with Gasteiger partial charge in [-0.05, 0) is 23.3 Å². The molecule has 0 saturated heterocycles. The highest BCUT2D eigenvalue weighted by atomic mass is 32.2. The zero-order chi connectivity index (χ0) is 9.38. The second-order valence-corrected chi connectivity index (χ2v) is 4.37. The first-order chi connectivity index (χ1) is 6.95. The Labute approximate surface area is 86.4 Å². The topological polar surface area (TPSA) is 28.7 Å². The second-order valence-electron chi connectivity index (χ2n) is 3.34. The molecule has 3 rings (SSSR count). The number of aromatic nitrogens is 2. The van der Waals surface area contributed by atoms with Crippen molar-refractivity contribution in [3.05, 3.63) is 36.2 Å². The summed E-state index contributed by atoms with van der Waals surface area (Å²) in [6.07, 6.45) is 6.13. The van der Waals surface area contributed by atoms with Crippen LogP contribution in [0.25, 0.3) is 16.6 Å². The summed E-state index contributed by atoms with van der Waals surface area (Å²) >= 11 is 1.96. The molecule has 3 heterocycles. The van der Waals surface area contributed by atoms with Crippen LogP contribution in [0, 0.1) is 0 Å². The zero-order valence-electron chi connectivity index (χ0n) is 7.66. The van der Waals surface area contributed by atoms with Crippen molar-refractivity contribution < 1.29 is 0 Å². The Balaban J connectivity index is 2.24. The van der Waals surface area contributed by atoms with Crippen molar-refractivity contribution in [3.8, 4) is 0 Å². The summed E-state index contributed by atoms with van der Waals surface area (Å²) in [4.78, 5) is 7.42. The van der Waals surface area contributed by atoms with Gasteiger partial charge in [0.05, 0.1) is 0 Å². The number of pyridine rings is 1. The van der Waals surface area contributed by atoms with Crippen LogP contribution in [0.15, 0.2) is 30.6 Å². The minimum Gasteiger partial charge on any atom is -0.346 e. The average Bonchev–Trinajstić information content (AvgIpc) is 2.88. The molecule has 3 heteroatoms. The lowest BCUT2D eigenvalue weighted by Crippen LogP contribution is -1.86. The van der Waals surface area contributed by atoms with Gasteiger partial charge in [0.25, 0.3) is 0 Å². The first-order valence-electron chi connectivity index (χ1n) is 4.64. The van der Waals surface area contributed by atoms with E-state index in [-0.39, 0.29) is 0 Å². The molecule has 14 heavy (non-hydrogen) atoms. The Morgan fingerprint density at radius 1 is 1.36 bits per heavy atom. The molecular formula is C11H10N2S. The summed E-state index contributed by atoms with van der Waals surface area (Å²) in [7, 11) is 0. The van der Waals surface area contributed by atoms with Gasteiger partial charge in [0.1, 0.15) is 5.65 Å². The van der Waals surface area contributed by atoms with E-state index in [2.05, 4.69) is 28.2 Å². The maximum atomic E-state index is 4.28. The van der Waals surface area contributed by atoms with Crippen molar-refractivity contribution >= 4 is 28.4 Å². The van der Waals surface area contributed by atoms with Crippen molar-refractivity contribution in [1.29, 1.82) is 0 Å². The predicted molar refractivity (Wildman–Crippen MR) is 61.4 cm³/mol. The average molecular weight is 202 g/mol. The lowest BCUT2D eigenvalue weighted by Gasteiger charge is -2.02. The van der Waals surface area contributed by atoms with E-state index in [0.717, 1.165) is 17.2 Å². The van der Waals surface area contributed by atoms with Crippen LogP contribution in [-0.4, -0.2) is 21.5 Å². The van der Waals surface area contributed by atoms with E-state index in [9.17, 15) is 0 Å². The van der Waals surface area contributed by atoms with Crippen LogP contribution in [0.3, 0.4) is 0 Å². The molecule has 0 aromatic carbocycles. The highest BCUT2D eigenvalue weighted by Crippen LogP contribution is 2.30. The van der Waals surface area contributed by atoms with Crippen LogP contribution in [0.5, 0.6) is 0 Å². The third-order valence-corrected chi connectivity index (χ3v) is 3.43. The molecule has 0 amide bonds. The first-order valence-corrected chi connectivity index (χ1v) is 5.80. The molecule has 0 atom stereocenters. The second kappa shape index (κ2) is 3.17. The molecule has 0 aliphatic carbocycles. The van der Waals surface area contributed by atoms with Gasteiger partial charge in [-0.2, -0.15) is 11.8 Å². The van der Waals surface area contributed by atoms with E-state index >= 15 is 0 Å². The van der Waals surface area contributed by atoms with Crippen LogP contribution >= 0.6 is 11.8 Å². The van der Waals surface area contributed by atoms with E-state index in [1.807, 2.05) is 24.2 Å². The van der Waals surface area contributed by atoms with Crippen molar-refractivity contribution in [1.82, 2.24) is 9.97 Å². The third-order valence-electron chi connectivity index (χ3n) is 2.51. The number of H-pyrrole nitrogens is 1. The van der Waals surface area contributed by atoms with Crippen LogP contribution in [0.1, 0.15) is 5.56 Å². The zero-order valence-corrected chi connectivity index (χ0v) is 8.47. The molecular weight excluding hydrogens is 192 g/mol. The highest BCUT2D eigenvalue weighted by Gasteiger charge is 2.10. The number of aromatic amines is 1. The van der Waals surface area contributed by atoms with Crippen molar-refractivity contribution in [3.63, 3.8) is 0 Å². The summed E-state index contributed by atoms with van der Waals surface area (Å²) in [6.45, 7) is 0. The fourth-order valence-electron chi connectivity index (χ4n) is 1.82. The fraction of sp³-hybridized carbons (Fsp3) is 0.182. The van der Waals surface area contributed by atoms with Crippen molar-refractivity contribution in [2.75, 3.05) is 11.5 Å². The van der Waals surface area contributed by atoms with Gasteiger partial charge in [-0.15, -0.1) is 0 Å². The number of fused-ring (bicyclic) bond motifs is 1. The van der Waals surface area contributed by atoms with Crippen molar-refractivity contribution in [2.24, 2.45) is 0 Å². The Bertz CT molecular complexity index is 499. The summed E-state index contributed by atoms with van der Waals surface area (Å²) in [5.41, 5.74) is 3.77. The number of hydrogen-bond acceptors (Lipinski definition) is 2. The molecule has 0 bridgehead atoms. The molecule has 2 aromatic heterocycles. The van der Waals surface area contributed by atoms with Gasteiger partial charge in [-0.1, -0.05) is 6.08 Å². The summed E-state index contributed by atoms with van der Waals surface area (Å²) in [5, 5.41) is 1.24. The number of hydrogen-bond donors (Lipinski definition) is 1. The molecule has 1 aliphatic rings. The number of rotatable bonds is 1. The summed E-state index contributed by atoms with van der Waals surface area (Å²) < 4.78 is 0. The van der Waals surface area contributed by atoms with Crippen LogP contribution in [0.2, 0.25) is 0 Å². The normalized spacial score (nSPS) is 16.1. The van der Waals surface area contributed by atoms with E-state index in [1.165, 1.54) is 16.5 Å². The van der Waals surface area contributed by atoms with Gasteiger partial charge in [-0.3, -0.25) is 0 Å². The fourth-order valence-corrected chi connectivity index (χ4v) is 2.75. The maximum absolute atomic E-state index is 4.28. The van der Waals surface area contributed by atoms with Crippen LogP contribution < -0.4 is 0 Å². The molecule has 0 unspecified atom stereocenters. The number of nitrogens with one attached hydrogen (secondary N) is 1. The Morgan fingerprint density at radius 2 is 2.36 bits per heavy atom. The largest absolute Gasteiger partial charge is 0.346 e. The Hall–Kier alpha value is -1.22. The molecule has 0 radical (unpaired) electrons. The van der Waals surface area contributed by atoms with Gasteiger partial charge < -0.3 is 4.98 Å². The van der Waals surface area contributed by atoms with E-state index in [0.29, 0.717) is 0 Å². The molecule has 2 aromatic rings. The molecule has 2 nitrogen and oxygen atoms in total. The minimum absolute atomic E-state index is 0.986. The van der Waals surface area contributed by atoms with Crippen LogP contribution in [-0.2, 0) is 0 Å². The third kappa shape index (κ3) is 1.16. The Morgan fingerprint density at radius 3 is 3.21 bits per heavy atom. The quantitative estimate of drug-likeness (QED) is 0.770. The molecule has 0 fully saturated rings.